The van der Waals surface area contributed by atoms with Crippen LogP contribution in [0.4, 0.5) is 10.1 Å². The molecule has 1 amide bonds. The molecule has 142 valence electrons. The van der Waals surface area contributed by atoms with E-state index in [9.17, 15) is 9.18 Å². The number of aromatic nitrogens is 2. The molecule has 5 nitrogen and oxygen atoms in total. The predicted molar refractivity (Wildman–Crippen MR) is 105 cm³/mol. The zero-order valence-corrected chi connectivity index (χ0v) is 15.4. The van der Waals surface area contributed by atoms with E-state index in [1.165, 1.54) is 0 Å². The Morgan fingerprint density at radius 1 is 1.18 bits per heavy atom. The number of hydrogen-bond donors (Lipinski definition) is 2. The Labute approximate surface area is 162 Å². The molecule has 0 radical (unpaired) electrons. The summed E-state index contributed by atoms with van der Waals surface area (Å²) in [4.78, 5) is 13.0. The van der Waals surface area contributed by atoms with Gasteiger partial charge in [0.05, 0.1) is 28.8 Å². The van der Waals surface area contributed by atoms with Gasteiger partial charge >= 0.3 is 0 Å². The Bertz CT molecular complexity index is 1040. The third-order valence-corrected chi connectivity index (χ3v) is 5.47. The number of hydrogen-bond acceptors (Lipinski definition) is 3. The average Bonchev–Trinajstić information content (AvgIpc) is 3.48. The zero-order valence-electron chi connectivity index (χ0n) is 15.4. The molecule has 5 rings (SSSR count). The second-order valence-electron chi connectivity index (χ2n) is 7.41. The van der Waals surface area contributed by atoms with Crippen molar-refractivity contribution in [3.8, 4) is 5.69 Å². The highest BCUT2D eigenvalue weighted by atomic mass is 19.1. The number of nitrogens with zero attached hydrogens (tertiary/aromatic N) is 2. The van der Waals surface area contributed by atoms with E-state index in [-0.39, 0.29) is 17.4 Å². The van der Waals surface area contributed by atoms with Crippen molar-refractivity contribution in [3.63, 3.8) is 0 Å². The first-order valence-corrected chi connectivity index (χ1v) is 9.68. The van der Waals surface area contributed by atoms with Crippen LogP contribution in [-0.2, 0) is 13.0 Å². The summed E-state index contributed by atoms with van der Waals surface area (Å²) in [6.45, 7) is 1.41. The van der Waals surface area contributed by atoms with Gasteiger partial charge in [-0.1, -0.05) is 24.3 Å². The first kappa shape index (κ1) is 17.1. The van der Waals surface area contributed by atoms with Crippen molar-refractivity contribution in [1.82, 2.24) is 15.1 Å². The quantitative estimate of drug-likeness (QED) is 0.728. The second kappa shape index (κ2) is 6.87. The summed E-state index contributed by atoms with van der Waals surface area (Å²) in [6, 6.07) is 13.3. The molecule has 1 saturated carbocycles. The summed E-state index contributed by atoms with van der Waals surface area (Å²) in [5, 5.41) is 10.5. The van der Waals surface area contributed by atoms with Gasteiger partial charge in [0.15, 0.2) is 0 Å². The Kier molecular flexibility index (Phi) is 4.20. The molecule has 2 aliphatic rings. The molecule has 0 unspecified atom stereocenters. The fourth-order valence-corrected chi connectivity index (χ4v) is 3.88. The van der Waals surface area contributed by atoms with Crippen LogP contribution in [0.15, 0.2) is 48.7 Å². The summed E-state index contributed by atoms with van der Waals surface area (Å²) in [6.07, 6.45) is 4.30. The van der Waals surface area contributed by atoms with Gasteiger partial charge in [-0.15, -0.1) is 0 Å². The molecule has 0 atom stereocenters. The summed E-state index contributed by atoms with van der Waals surface area (Å²) in [7, 11) is 0. The van der Waals surface area contributed by atoms with E-state index in [1.54, 1.807) is 12.3 Å². The Hall–Kier alpha value is -2.99. The highest BCUT2D eigenvalue weighted by Crippen LogP contribution is 2.42. The van der Waals surface area contributed by atoms with Crippen molar-refractivity contribution < 1.29 is 9.18 Å². The SMILES string of the molecule is O=C(Nc1ccc2c(c1F)CCNC2)c1cnn(-c2ccccc2)c1C1CC1. The smallest absolute Gasteiger partial charge is 0.259 e. The fraction of sp³-hybridized carbons (Fsp3) is 0.273. The fourth-order valence-electron chi connectivity index (χ4n) is 3.88. The van der Waals surface area contributed by atoms with Crippen molar-refractivity contribution in [2.75, 3.05) is 11.9 Å². The highest BCUT2D eigenvalue weighted by Gasteiger charge is 2.33. The van der Waals surface area contributed by atoms with Crippen molar-refractivity contribution in [1.29, 1.82) is 0 Å². The van der Waals surface area contributed by atoms with Gasteiger partial charge in [-0.2, -0.15) is 5.10 Å². The number of carbonyl (C=O) groups excluding carboxylic acids is 1. The maximum absolute atomic E-state index is 14.9. The van der Waals surface area contributed by atoms with Crippen LogP contribution in [0.2, 0.25) is 0 Å². The molecule has 1 aliphatic carbocycles. The lowest BCUT2D eigenvalue weighted by molar-refractivity contribution is 0.102. The van der Waals surface area contributed by atoms with E-state index < -0.39 is 0 Å². The van der Waals surface area contributed by atoms with Gasteiger partial charge in [0.25, 0.3) is 5.91 Å². The van der Waals surface area contributed by atoms with Crippen LogP contribution in [0.5, 0.6) is 0 Å². The van der Waals surface area contributed by atoms with Gasteiger partial charge in [-0.3, -0.25) is 4.79 Å². The number of rotatable bonds is 4. The summed E-state index contributed by atoms with van der Waals surface area (Å²) >= 11 is 0. The van der Waals surface area contributed by atoms with Crippen LogP contribution in [0.25, 0.3) is 5.69 Å². The first-order chi connectivity index (χ1) is 13.7. The zero-order chi connectivity index (χ0) is 19.1. The number of benzene rings is 2. The van der Waals surface area contributed by atoms with Gasteiger partial charge in [-0.05, 0) is 55.1 Å². The molecule has 0 saturated heterocycles. The number of halogens is 1. The normalized spacial score (nSPS) is 15.9. The molecule has 2 N–H and O–H groups in total. The first-order valence-electron chi connectivity index (χ1n) is 9.68. The van der Waals surface area contributed by atoms with Crippen LogP contribution in [0.1, 0.15) is 45.9 Å². The number of amides is 1. The van der Waals surface area contributed by atoms with Crippen molar-refractivity contribution in [2.45, 2.75) is 31.7 Å². The monoisotopic (exact) mass is 376 g/mol. The number of nitrogens with one attached hydrogen (secondary N) is 2. The standard InChI is InChI=1S/C22H21FN4O/c23-20-17-10-11-24-12-15(17)8-9-19(20)26-22(28)18-13-25-27(21(18)14-6-7-14)16-4-2-1-3-5-16/h1-5,8-9,13-14,24H,6-7,10-12H2,(H,26,28). The molecular weight excluding hydrogens is 355 g/mol. The molecule has 2 aromatic carbocycles. The van der Waals surface area contributed by atoms with Crippen LogP contribution < -0.4 is 10.6 Å². The predicted octanol–water partition coefficient (Wildman–Crippen LogP) is 3.79. The summed E-state index contributed by atoms with van der Waals surface area (Å²) in [5.74, 6) is -0.310. The topological polar surface area (TPSA) is 59.0 Å². The number of anilines is 1. The molecule has 3 aromatic rings. The van der Waals surface area contributed by atoms with E-state index in [0.29, 0.717) is 30.0 Å². The van der Waals surface area contributed by atoms with E-state index in [4.69, 9.17) is 0 Å². The molecule has 2 heterocycles. The van der Waals surface area contributed by atoms with Crippen molar-refractivity contribution in [3.05, 3.63) is 76.9 Å². The Balaban J connectivity index is 1.47. The second-order valence-corrected chi connectivity index (χ2v) is 7.41. The number of para-hydroxylation sites is 1. The lowest BCUT2D eigenvalue weighted by atomic mass is 9.99. The maximum Gasteiger partial charge on any atom is 0.259 e. The maximum atomic E-state index is 14.9. The van der Waals surface area contributed by atoms with E-state index in [0.717, 1.165) is 36.3 Å². The number of carbonyl (C=O) groups is 1. The minimum Gasteiger partial charge on any atom is -0.319 e. The van der Waals surface area contributed by atoms with Gasteiger partial charge in [-0.25, -0.2) is 9.07 Å². The molecule has 6 heteroatoms. The van der Waals surface area contributed by atoms with Crippen LogP contribution in [0, 0.1) is 5.82 Å². The molecular formula is C22H21FN4O. The Morgan fingerprint density at radius 2 is 2.00 bits per heavy atom. The van der Waals surface area contributed by atoms with Gasteiger partial charge in [0.1, 0.15) is 5.82 Å². The largest absolute Gasteiger partial charge is 0.319 e. The molecule has 1 aromatic heterocycles. The van der Waals surface area contributed by atoms with E-state index >= 15 is 0 Å². The van der Waals surface area contributed by atoms with Gasteiger partial charge in [0, 0.05) is 12.5 Å². The third-order valence-electron chi connectivity index (χ3n) is 5.47. The summed E-state index contributed by atoms with van der Waals surface area (Å²) < 4.78 is 16.7. The molecule has 1 fully saturated rings. The number of fused-ring (bicyclic) bond motifs is 1. The minimum atomic E-state index is -0.323. The van der Waals surface area contributed by atoms with Crippen molar-refractivity contribution >= 4 is 11.6 Å². The molecule has 0 bridgehead atoms. The molecule has 1 aliphatic heterocycles. The lowest BCUT2D eigenvalue weighted by Gasteiger charge is -2.19. The highest BCUT2D eigenvalue weighted by molar-refractivity contribution is 6.05. The van der Waals surface area contributed by atoms with Crippen LogP contribution in [-0.4, -0.2) is 22.2 Å². The average molecular weight is 376 g/mol. The van der Waals surface area contributed by atoms with Crippen LogP contribution in [0.3, 0.4) is 0 Å². The minimum absolute atomic E-state index is 0.236. The lowest BCUT2D eigenvalue weighted by Crippen LogP contribution is -2.25. The van der Waals surface area contributed by atoms with Crippen molar-refractivity contribution in [2.24, 2.45) is 0 Å². The molecule has 28 heavy (non-hydrogen) atoms. The van der Waals surface area contributed by atoms with Gasteiger partial charge < -0.3 is 10.6 Å². The van der Waals surface area contributed by atoms with Gasteiger partial charge in [0.2, 0.25) is 0 Å². The van der Waals surface area contributed by atoms with E-state index in [1.807, 2.05) is 41.1 Å². The molecule has 0 spiro atoms. The third kappa shape index (κ3) is 2.99. The Morgan fingerprint density at radius 3 is 2.79 bits per heavy atom. The summed E-state index contributed by atoms with van der Waals surface area (Å²) in [5.41, 5.74) is 4.24. The van der Waals surface area contributed by atoms with Crippen LogP contribution >= 0.6 is 0 Å². The van der Waals surface area contributed by atoms with E-state index in [2.05, 4.69) is 15.7 Å².